The Labute approximate surface area is 85.7 Å². The molecule has 0 saturated heterocycles. The highest BCUT2D eigenvalue weighted by atomic mass is 32.1. The van der Waals surface area contributed by atoms with Crippen molar-refractivity contribution in [3.05, 3.63) is 16.7 Å². The summed E-state index contributed by atoms with van der Waals surface area (Å²) in [5, 5.41) is 10.6. The minimum Gasteiger partial charge on any atom is -0.361 e. The molecular weight excluding hydrogens is 200 g/mol. The van der Waals surface area contributed by atoms with E-state index >= 15 is 0 Å². The molecule has 0 spiro atoms. The van der Waals surface area contributed by atoms with Crippen molar-refractivity contribution in [2.75, 3.05) is 0 Å². The Balaban J connectivity index is 2.63. The van der Waals surface area contributed by atoms with Gasteiger partial charge in [-0.15, -0.1) is 0 Å². The van der Waals surface area contributed by atoms with Crippen LogP contribution in [-0.2, 0) is 6.54 Å². The lowest BCUT2D eigenvalue weighted by molar-refractivity contribution is 0.397. The summed E-state index contributed by atoms with van der Waals surface area (Å²) < 4.78 is 7.49. The molecule has 0 aromatic carbocycles. The number of aromatic nitrogens is 4. The van der Waals surface area contributed by atoms with Gasteiger partial charge in [0.25, 0.3) is 0 Å². The van der Waals surface area contributed by atoms with Crippen molar-refractivity contribution in [1.29, 1.82) is 0 Å². The molecule has 74 valence electrons. The van der Waals surface area contributed by atoms with Crippen LogP contribution < -0.4 is 0 Å². The number of hydrogen-bond donors (Lipinski definition) is 1. The second-order valence-corrected chi connectivity index (χ2v) is 3.28. The number of hydrogen-bond acceptors (Lipinski definition) is 4. The monoisotopic (exact) mass is 210 g/mol. The van der Waals surface area contributed by atoms with Gasteiger partial charge in [-0.25, -0.2) is 0 Å². The average Bonchev–Trinajstić information content (AvgIpc) is 2.71. The van der Waals surface area contributed by atoms with E-state index < -0.39 is 0 Å². The molecule has 0 amide bonds. The maximum absolute atomic E-state index is 5.08. The van der Waals surface area contributed by atoms with Crippen LogP contribution in [0, 0.1) is 11.7 Å². The van der Waals surface area contributed by atoms with Gasteiger partial charge in [0, 0.05) is 6.54 Å². The van der Waals surface area contributed by atoms with Gasteiger partial charge in [-0.05, 0) is 26.1 Å². The number of H-pyrrole nitrogens is 1. The predicted molar refractivity (Wildman–Crippen MR) is 53.3 cm³/mol. The van der Waals surface area contributed by atoms with Gasteiger partial charge in [0.2, 0.25) is 0 Å². The normalized spacial score (nSPS) is 10.7. The lowest BCUT2D eigenvalue weighted by atomic mass is 10.2. The molecule has 1 N–H and O–H groups in total. The zero-order valence-corrected chi connectivity index (χ0v) is 8.76. The van der Waals surface area contributed by atoms with Gasteiger partial charge in [-0.3, -0.25) is 5.10 Å². The molecule has 6 heteroatoms. The van der Waals surface area contributed by atoms with Gasteiger partial charge in [0.05, 0.1) is 11.8 Å². The Morgan fingerprint density at radius 2 is 2.43 bits per heavy atom. The van der Waals surface area contributed by atoms with E-state index in [9.17, 15) is 0 Å². The van der Waals surface area contributed by atoms with Gasteiger partial charge >= 0.3 is 0 Å². The van der Waals surface area contributed by atoms with Crippen LogP contribution in [0.1, 0.15) is 12.7 Å². The molecule has 2 aromatic heterocycles. The van der Waals surface area contributed by atoms with Crippen LogP contribution in [0.3, 0.4) is 0 Å². The Kier molecular flexibility index (Phi) is 2.20. The van der Waals surface area contributed by atoms with E-state index in [1.54, 1.807) is 6.20 Å². The smallest absolute Gasteiger partial charge is 0.195 e. The van der Waals surface area contributed by atoms with E-state index in [1.807, 2.05) is 18.4 Å². The molecule has 0 atom stereocenters. The molecule has 0 radical (unpaired) electrons. The molecule has 0 unspecified atom stereocenters. The fourth-order valence-corrected chi connectivity index (χ4v) is 1.59. The van der Waals surface area contributed by atoms with E-state index in [1.165, 1.54) is 0 Å². The Bertz CT molecular complexity index is 495. The van der Waals surface area contributed by atoms with Crippen LogP contribution in [0.4, 0.5) is 0 Å². The molecule has 0 aliphatic heterocycles. The molecule has 14 heavy (non-hydrogen) atoms. The van der Waals surface area contributed by atoms with Crippen molar-refractivity contribution >= 4 is 12.2 Å². The van der Waals surface area contributed by atoms with Crippen molar-refractivity contribution in [3.63, 3.8) is 0 Å². The summed E-state index contributed by atoms with van der Waals surface area (Å²) in [7, 11) is 0. The van der Waals surface area contributed by atoms with Gasteiger partial charge in [-0.1, -0.05) is 5.16 Å². The van der Waals surface area contributed by atoms with Crippen molar-refractivity contribution in [1.82, 2.24) is 19.9 Å². The third kappa shape index (κ3) is 1.27. The molecule has 2 rings (SSSR count). The fraction of sp³-hybridized carbons (Fsp3) is 0.375. The maximum Gasteiger partial charge on any atom is 0.195 e. The zero-order valence-electron chi connectivity index (χ0n) is 7.94. The minimum absolute atomic E-state index is 0.614. The van der Waals surface area contributed by atoms with Crippen LogP contribution in [0.15, 0.2) is 10.7 Å². The molecule has 2 heterocycles. The topological polar surface area (TPSA) is 59.6 Å². The van der Waals surface area contributed by atoms with Crippen molar-refractivity contribution < 1.29 is 4.52 Å². The number of aromatic amines is 1. The maximum atomic E-state index is 5.08. The summed E-state index contributed by atoms with van der Waals surface area (Å²) in [5.74, 6) is 1.52. The molecule has 0 aliphatic rings. The molecule has 0 bridgehead atoms. The van der Waals surface area contributed by atoms with Crippen LogP contribution in [0.25, 0.3) is 11.4 Å². The highest BCUT2D eigenvalue weighted by molar-refractivity contribution is 7.71. The first-order valence-corrected chi connectivity index (χ1v) is 4.71. The quantitative estimate of drug-likeness (QED) is 0.769. The number of nitrogens with one attached hydrogen (secondary N) is 1. The standard InChI is InChI=1S/C8H10N4OS/c1-3-12-7(10-11-8(12)14)6-4-9-13-5(6)2/h4H,3H2,1-2H3,(H,11,14). The summed E-state index contributed by atoms with van der Waals surface area (Å²) in [6.45, 7) is 4.63. The summed E-state index contributed by atoms with van der Waals surface area (Å²) in [5.41, 5.74) is 0.874. The van der Waals surface area contributed by atoms with E-state index in [4.69, 9.17) is 16.7 Å². The van der Waals surface area contributed by atoms with Crippen molar-refractivity contribution in [2.24, 2.45) is 0 Å². The lowest BCUT2D eigenvalue weighted by Crippen LogP contribution is -1.97. The summed E-state index contributed by atoms with van der Waals surface area (Å²) in [6.07, 6.45) is 1.65. The first-order chi connectivity index (χ1) is 6.74. The highest BCUT2D eigenvalue weighted by Gasteiger charge is 2.12. The summed E-state index contributed by atoms with van der Waals surface area (Å²) >= 11 is 5.08. The number of rotatable bonds is 2. The summed E-state index contributed by atoms with van der Waals surface area (Å²) in [6, 6.07) is 0. The van der Waals surface area contributed by atoms with Crippen LogP contribution in [-0.4, -0.2) is 19.9 Å². The third-order valence-corrected chi connectivity index (χ3v) is 2.38. The molecule has 0 aliphatic carbocycles. The third-order valence-electron chi connectivity index (χ3n) is 2.07. The molecule has 0 fully saturated rings. The lowest BCUT2D eigenvalue weighted by Gasteiger charge is -1.99. The minimum atomic E-state index is 0.614. The molecule has 0 saturated carbocycles. The molecule has 5 nitrogen and oxygen atoms in total. The average molecular weight is 210 g/mol. The van der Waals surface area contributed by atoms with Gasteiger partial charge in [-0.2, -0.15) is 5.10 Å². The van der Waals surface area contributed by atoms with E-state index in [2.05, 4.69) is 15.4 Å². The summed E-state index contributed by atoms with van der Waals surface area (Å²) in [4.78, 5) is 0. The van der Waals surface area contributed by atoms with E-state index in [0.29, 0.717) is 4.77 Å². The first kappa shape index (κ1) is 9.14. The van der Waals surface area contributed by atoms with Gasteiger partial charge in [0.15, 0.2) is 10.6 Å². The van der Waals surface area contributed by atoms with Crippen molar-refractivity contribution in [2.45, 2.75) is 20.4 Å². The van der Waals surface area contributed by atoms with Crippen LogP contribution >= 0.6 is 12.2 Å². The van der Waals surface area contributed by atoms with Crippen molar-refractivity contribution in [3.8, 4) is 11.4 Å². The second-order valence-electron chi connectivity index (χ2n) is 2.89. The highest BCUT2D eigenvalue weighted by Crippen LogP contribution is 2.20. The Hall–Kier alpha value is -1.43. The number of aryl methyl sites for hydroxylation is 1. The van der Waals surface area contributed by atoms with Crippen LogP contribution in [0.5, 0.6) is 0 Å². The van der Waals surface area contributed by atoms with Gasteiger partial charge in [0.1, 0.15) is 5.76 Å². The molecular formula is C8H10N4OS. The second kappa shape index (κ2) is 3.38. The predicted octanol–water partition coefficient (Wildman–Crippen LogP) is 1.92. The van der Waals surface area contributed by atoms with E-state index in [-0.39, 0.29) is 0 Å². The van der Waals surface area contributed by atoms with E-state index in [0.717, 1.165) is 23.7 Å². The molecule has 2 aromatic rings. The largest absolute Gasteiger partial charge is 0.361 e. The Morgan fingerprint density at radius 1 is 1.64 bits per heavy atom. The fourth-order valence-electron chi connectivity index (χ4n) is 1.33. The van der Waals surface area contributed by atoms with Gasteiger partial charge < -0.3 is 9.09 Å². The SMILES string of the molecule is CCn1c(-c2cnoc2C)n[nH]c1=S. The first-order valence-electron chi connectivity index (χ1n) is 4.31. The van der Waals surface area contributed by atoms with Crippen LogP contribution in [0.2, 0.25) is 0 Å². The number of nitrogens with zero attached hydrogens (tertiary/aromatic N) is 3. The Morgan fingerprint density at radius 3 is 3.00 bits per heavy atom. The zero-order chi connectivity index (χ0) is 10.1.